The van der Waals surface area contributed by atoms with Crippen LogP contribution >= 0.6 is 15.9 Å². The van der Waals surface area contributed by atoms with Crippen LogP contribution in [0.5, 0.6) is 5.75 Å². The molecule has 4 N–H and O–H groups in total. The quantitative estimate of drug-likeness (QED) is 0.339. The minimum Gasteiger partial charge on any atom is -0.507 e. The molecule has 0 aromatic heterocycles. The number of carbonyl (C=O) groups excluding carboxylic acids is 1. The van der Waals surface area contributed by atoms with Gasteiger partial charge >= 0.3 is 0 Å². The summed E-state index contributed by atoms with van der Waals surface area (Å²) in [4.78, 5) is 13.6. The molecule has 1 atom stereocenters. The standard InChI is InChI=1S/C12H16BrN3O3/c1-7(5-11(14)15-19)16(2)12(18)8-3-4-9(13)10(17)6-8/h3-4,6-7,17,19H,5H2,1-2H3,(H2,14,15). The summed E-state index contributed by atoms with van der Waals surface area (Å²) in [5.74, 6) is -0.185. The zero-order valence-corrected chi connectivity index (χ0v) is 12.3. The topological polar surface area (TPSA) is 99.2 Å². The van der Waals surface area contributed by atoms with E-state index >= 15 is 0 Å². The van der Waals surface area contributed by atoms with Crippen molar-refractivity contribution < 1.29 is 15.1 Å². The summed E-state index contributed by atoms with van der Waals surface area (Å²) in [6, 6.07) is 4.37. The van der Waals surface area contributed by atoms with Crippen LogP contribution in [0, 0.1) is 0 Å². The van der Waals surface area contributed by atoms with E-state index in [1.54, 1.807) is 26.1 Å². The number of halogens is 1. The summed E-state index contributed by atoms with van der Waals surface area (Å²) in [5, 5.41) is 21.0. The number of phenolic OH excluding ortho intramolecular Hbond substituents is 1. The summed E-state index contributed by atoms with van der Waals surface area (Å²) in [6.07, 6.45) is 0.265. The van der Waals surface area contributed by atoms with Gasteiger partial charge in [-0.1, -0.05) is 5.16 Å². The number of aromatic hydroxyl groups is 1. The van der Waals surface area contributed by atoms with Gasteiger partial charge in [-0.15, -0.1) is 0 Å². The average molecular weight is 330 g/mol. The highest BCUT2D eigenvalue weighted by Crippen LogP contribution is 2.25. The van der Waals surface area contributed by atoms with E-state index in [2.05, 4.69) is 21.1 Å². The summed E-state index contributed by atoms with van der Waals surface area (Å²) >= 11 is 3.15. The molecule has 0 heterocycles. The maximum Gasteiger partial charge on any atom is 0.253 e. The van der Waals surface area contributed by atoms with Gasteiger partial charge in [-0.3, -0.25) is 4.79 Å². The number of amides is 1. The van der Waals surface area contributed by atoms with Gasteiger partial charge in [0.15, 0.2) is 0 Å². The van der Waals surface area contributed by atoms with Crippen LogP contribution < -0.4 is 5.73 Å². The van der Waals surface area contributed by atoms with Gasteiger partial charge in [0, 0.05) is 25.1 Å². The van der Waals surface area contributed by atoms with Gasteiger partial charge in [0.25, 0.3) is 5.91 Å². The monoisotopic (exact) mass is 329 g/mol. The molecule has 0 aliphatic heterocycles. The van der Waals surface area contributed by atoms with Crippen molar-refractivity contribution in [2.45, 2.75) is 19.4 Å². The second-order valence-corrected chi connectivity index (χ2v) is 5.08. The van der Waals surface area contributed by atoms with Crippen LogP contribution in [0.15, 0.2) is 27.8 Å². The molecule has 0 fully saturated rings. The van der Waals surface area contributed by atoms with Crippen LogP contribution in [-0.4, -0.2) is 40.0 Å². The van der Waals surface area contributed by atoms with Crippen molar-refractivity contribution in [3.8, 4) is 5.75 Å². The number of oxime groups is 1. The van der Waals surface area contributed by atoms with E-state index in [0.717, 1.165) is 0 Å². The lowest BCUT2D eigenvalue weighted by atomic mass is 10.1. The van der Waals surface area contributed by atoms with E-state index in [4.69, 9.17) is 10.9 Å². The lowest BCUT2D eigenvalue weighted by Gasteiger charge is -2.24. The first-order chi connectivity index (χ1) is 8.86. The summed E-state index contributed by atoms with van der Waals surface area (Å²) < 4.78 is 0.524. The van der Waals surface area contributed by atoms with Gasteiger partial charge in [0.2, 0.25) is 0 Å². The van der Waals surface area contributed by atoms with Crippen LogP contribution in [0.3, 0.4) is 0 Å². The normalized spacial score (nSPS) is 13.1. The fourth-order valence-corrected chi connectivity index (χ4v) is 1.78. The molecule has 7 heteroatoms. The first kappa shape index (κ1) is 15.3. The Morgan fingerprint density at radius 1 is 1.58 bits per heavy atom. The molecule has 1 rings (SSSR count). The van der Waals surface area contributed by atoms with E-state index in [9.17, 15) is 9.90 Å². The molecule has 0 aliphatic carbocycles. The highest BCUT2D eigenvalue weighted by Gasteiger charge is 2.19. The second kappa shape index (κ2) is 6.42. The number of nitrogens with zero attached hydrogens (tertiary/aromatic N) is 2. The third-order valence-electron chi connectivity index (χ3n) is 2.81. The minimum absolute atomic E-state index is 0.00309. The molecule has 6 nitrogen and oxygen atoms in total. The van der Waals surface area contributed by atoms with Crippen LogP contribution in [0.4, 0.5) is 0 Å². The molecule has 0 saturated heterocycles. The number of amidine groups is 1. The third-order valence-corrected chi connectivity index (χ3v) is 3.48. The highest BCUT2D eigenvalue weighted by molar-refractivity contribution is 9.10. The molecule has 1 unspecified atom stereocenters. The average Bonchev–Trinajstić information content (AvgIpc) is 2.39. The molecule has 0 bridgehead atoms. The SMILES string of the molecule is CC(C/C(N)=N/O)N(C)C(=O)c1ccc(Br)c(O)c1. The van der Waals surface area contributed by atoms with Crippen molar-refractivity contribution in [2.75, 3.05) is 7.05 Å². The molecule has 0 spiro atoms. The van der Waals surface area contributed by atoms with Crippen molar-refractivity contribution in [3.63, 3.8) is 0 Å². The Hall–Kier alpha value is -1.76. The Bertz CT molecular complexity index is 505. The number of rotatable bonds is 4. The Labute approximate surface area is 119 Å². The van der Waals surface area contributed by atoms with Crippen molar-refractivity contribution >= 4 is 27.7 Å². The number of phenols is 1. The van der Waals surface area contributed by atoms with E-state index in [0.29, 0.717) is 10.0 Å². The van der Waals surface area contributed by atoms with Crippen LogP contribution in [0.1, 0.15) is 23.7 Å². The second-order valence-electron chi connectivity index (χ2n) is 4.23. The first-order valence-electron chi connectivity index (χ1n) is 5.59. The van der Waals surface area contributed by atoms with Crippen LogP contribution in [0.2, 0.25) is 0 Å². The largest absolute Gasteiger partial charge is 0.507 e. The molecule has 1 aromatic carbocycles. The number of benzene rings is 1. The minimum atomic E-state index is -0.249. The summed E-state index contributed by atoms with van der Waals surface area (Å²) in [6.45, 7) is 1.79. The Morgan fingerprint density at radius 2 is 2.21 bits per heavy atom. The van der Waals surface area contributed by atoms with Gasteiger partial charge < -0.3 is 20.9 Å². The number of hydrogen-bond acceptors (Lipinski definition) is 4. The van der Waals surface area contributed by atoms with Crippen molar-refractivity contribution in [3.05, 3.63) is 28.2 Å². The van der Waals surface area contributed by atoms with Gasteiger partial charge in [-0.2, -0.15) is 0 Å². The van der Waals surface area contributed by atoms with Gasteiger partial charge in [0.1, 0.15) is 11.6 Å². The predicted octanol–water partition coefficient (Wildman–Crippen LogP) is 1.75. The Balaban J connectivity index is 2.84. The molecule has 0 aliphatic rings. The third kappa shape index (κ3) is 3.85. The summed E-state index contributed by atoms with van der Waals surface area (Å²) in [7, 11) is 1.62. The number of hydrogen-bond donors (Lipinski definition) is 3. The molecule has 104 valence electrons. The van der Waals surface area contributed by atoms with Crippen molar-refractivity contribution in [2.24, 2.45) is 10.9 Å². The maximum absolute atomic E-state index is 12.2. The molecule has 1 amide bonds. The van der Waals surface area contributed by atoms with E-state index in [-0.39, 0.29) is 30.0 Å². The smallest absolute Gasteiger partial charge is 0.253 e. The lowest BCUT2D eigenvalue weighted by Crippen LogP contribution is -2.37. The maximum atomic E-state index is 12.2. The van der Waals surface area contributed by atoms with E-state index in [1.165, 1.54) is 11.0 Å². The zero-order valence-electron chi connectivity index (χ0n) is 10.7. The van der Waals surface area contributed by atoms with E-state index in [1.807, 2.05) is 0 Å². The lowest BCUT2D eigenvalue weighted by molar-refractivity contribution is 0.0746. The number of carbonyl (C=O) groups is 1. The number of nitrogens with two attached hydrogens (primary N) is 1. The molecule has 1 aromatic rings. The van der Waals surface area contributed by atoms with Gasteiger partial charge in [-0.05, 0) is 41.1 Å². The Morgan fingerprint density at radius 3 is 2.74 bits per heavy atom. The fraction of sp³-hybridized carbons (Fsp3) is 0.333. The summed E-state index contributed by atoms with van der Waals surface area (Å²) in [5.41, 5.74) is 5.78. The molecule has 0 radical (unpaired) electrons. The first-order valence-corrected chi connectivity index (χ1v) is 6.38. The van der Waals surface area contributed by atoms with Crippen LogP contribution in [-0.2, 0) is 0 Å². The highest BCUT2D eigenvalue weighted by atomic mass is 79.9. The molecule has 19 heavy (non-hydrogen) atoms. The predicted molar refractivity (Wildman–Crippen MR) is 75.4 cm³/mol. The van der Waals surface area contributed by atoms with Crippen molar-refractivity contribution in [1.82, 2.24) is 4.90 Å². The van der Waals surface area contributed by atoms with Gasteiger partial charge in [0.05, 0.1) is 4.47 Å². The van der Waals surface area contributed by atoms with Crippen LogP contribution in [0.25, 0.3) is 0 Å². The fourth-order valence-electron chi connectivity index (χ4n) is 1.53. The van der Waals surface area contributed by atoms with E-state index < -0.39 is 0 Å². The Kier molecular flexibility index (Phi) is 5.17. The molecular formula is C12H16BrN3O3. The van der Waals surface area contributed by atoms with Crippen molar-refractivity contribution in [1.29, 1.82) is 0 Å². The van der Waals surface area contributed by atoms with Gasteiger partial charge in [-0.25, -0.2) is 0 Å². The molecule has 0 saturated carbocycles. The molecular weight excluding hydrogens is 314 g/mol. The zero-order chi connectivity index (χ0) is 14.6.